The second-order valence-corrected chi connectivity index (χ2v) is 24.3. The molecule has 0 radical (unpaired) electrons. The number of aliphatic hydroxyl groups excluding tert-OH is 2. The molecule has 3 N–H and O–H groups in total. The van der Waals surface area contributed by atoms with Crippen LogP contribution in [0, 0.1) is 45.6 Å². The summed E-state index contributed by atoms with van der Waals surface area (Å²) in [5.74, 6) is -6.49. The monoisotopic (exact) mass is 1560 g/mol. The molecule has 83 heavy (non-hydrogen) atoms. The fraction of sp³-hybridized carbons (Fsp3) is 0.278. The fourth-order valence-electron chi connectivity index (χ4n) is 8.17. The molecular formula is C54H46ClF6I3N6O10S3. The number of aromatic carboxylic acids is 1. The van der Waals surface area contributed by atoms with E-state index in [-0.39, 0.29) is 132 Å². The van der Waals surface area contributed by atoms with Crippen LogP contribution in [0.2, 0.25) is 0 Å². The number of carboxylic acids is 1. The van der Waals surface area contributed by atoms with Crippen molar-refractivity contribution in [1.82, 2.24) is 28.8 Å². The van der Waals surface area contributed by atoms with Gasteiger partial charge in [-0.15, -0.1) is 27.7 Å². The van der Waals surface area contributed by atoms with Crippen molar-refractivity contribution in [3.8, 4) is 0 Å². The maximum absolute atomic E-state index is 15.2. The fourth-order valence-corrected chi connectivity index (χ4v) is 11.3. The zero-order valence-corrected chi connectivity index (χ0v) is 52.1. The third-order valence-corrected chi connectivity index (χ3v) is 16.1. The first-order chi connectivity index (χ1) is 38.6. The maximum Gasteiger partial charge on any atom is 0.336 e. The maximum atomic E-state index is 15.2. The highest BCUT2D eigenvalue weighted by molar-refractivity contribution is 14.1. The van der Waals surface area contributed by atoms with Crippen LogP contribution in [0.15, 0.2) is 72.8 Å². The number of nitrogens with zero attached hydrogens (tertiary/aromatic N) is 6. The average Bonchev–Trinajstić information content (AvgIpc) is 3.49. The highest BCUT2D eigenvalue weighted by Crippen LogP contribution is 2.33. The van der Waals surface area contributed by atoms with E-state index in [1.807, 2.05) is 67.8 Å². The third-order valence-electron chi connectivity index (χ3n) is 12.1. The van der Waals surface area contributed by atoms with Crippen LogP contribution in [-0.4, -0.2) is 119 Å². The molecule has 2 unspecified atom stereocenters. The number of ether oxygens (including phenoxy) is 4. The Labute approximate surface area is 528 Å². The van der Waals surface area contributed by atoms with E-state index in [1.54, 1.807) is 50.2 Å². The first-order valence-electron chi connectivity index (χ1n) is 23.8. The molecule has 1 aliphatic heterocycles. The van der Waals surface area contributed by atoms with Crippen LogP contribution < -0.4 is 0 Å². The summed E-state index contributed by atoms with van der Waals surface area (Å²) < 4.78 is 124. The number of rotatable bonds is 18. The Bertz CT molecular complexity index is 3830. The van der Waals surface area contributed by atoms with E-state index in [0.717, 1.165) is 38.2 Å². The van der Waals surface area contributed by atoms with E-state index in [4.69, 9.17) is 24.1 Å². The molecule has 0 saturated carbocycles. The number of benzene rings is 6. The van der Waals surface area contributed by atoms with Gasteiger partial charge in [0.1, 0.15) is 59.4 Å². The van der Waals surface area contributed by atoms with Crippen LogP contribution in [0.4, 0.5) is 26.3 Å². The minimum absolute atomic E-state index is 0. The molecule has 440 valence electrons. The summed E-state index contributed by atoms with van der Waals surface area (Å²) in [7, 11) is 0. The van der Waals surface area contributed by atoms with Crippen molar-refractivity contribution in [1.29, 1.82) is 0 Å². The molecule has 16 nitrogen and oxygen atoms in total. The van der Waals surface area contributed by atoms with Gasteiger partial charge in [-0.1, -0.05) is 39.1 Å². The van der Waals surface area contributed by atoms with Crippen molar-refractivity contribution in [3.63, 3.8) is 0 Å². The molecule has 0 aliphatic carbocycles. The predicted octanol–water partition coefficient (Wildman–Crippen LogP) is 12.2. The van der Waals surface area contributed by atoms with Crippen LogP contribution in [0.1, 0.15) is 85.7 Å². The first-order valence-corrected chi connectivity index (χ1v) is 29.3. The Kier molecular flexibility index (Phi) is 24.5. The smallest absolute Gasteiger partial charge is 0.336 e. The van der Waals surface area contributed by atoms with Gasteiger partial charge in [-0.3, -0.25) is 9.59 Å². The summed E-state index contributed by atoms with van der Waals surface area (Å²) in [6.07, 6.45) is -1.78. The lowest BCUT2D eigenvalue weighted by Gasteiger charge is -2.17. The van der Waals surface area contributed by atoms with E-state index in [2.05, 4.69) is 28.8 Å². The van der Waals surface area contributed by atoms with Gasteiger partial charge in [0.15, 0.2) is 34.8 Å². The topological polar surface area (TPSA) is 226 Å². The molecule has 10 rings (SSSR count). The van der Waals surface area contributed by atoms with E-state index < -0.39 is 77.5 Å². The molecule has 1 saturated heterocycles. The lowest BCUT2D eigenvalue weighted by molar-refractivity contribution is -0.144. The Balaban J connectivity index is 0.000000200. The summed E-state index contributed by atoms with van der Waals surface area (Å²) in [5.41, 5.74) is 0.851. The number of halogens is 10. The van der Waals surface area contributed by atoms with Crippen LogP contribution in [0.25, 0.3) is 30.6 Å². The van der Waals surface area contributed by atoms with E-state index in [1.165, 1.54) is 36.4 Å². The molecule has 29 heteroatoms. The second-order valence-electron chi connectivity index (χ2n) is 18.2. The van der Waals surface area contributed by atoms with Gasteiger partial charge in [-0.2, -0.15) is 0 Å². The van der Waals surface area contributed by atoms with Gasteiger partial charge in [0.25, 0.3) is 0 Å². The quantitative estimate of drug-likeness (QED) is 0.0412. The van der Waals surface area contributed by atoms with Gasteiger partial charge in [-0.25, -0.2) is 31.1 Å². The van der Waals surface area contributed by atoms with Gasteiger partial charge < -0.3 is 34.3 Å². The van der Waals surface area contributed by atoms with E-state index in [0.29, 0.717) is 27.8 Å². The number of ketones is 2. The van der Waals surface area contributed by atoms with Gasteiger partial charge in [0.2, 0.25) is 0 Å². The SMILES string of the molecule is C.CC1(C)OCC(COCC(=O)c2cc3snnc3c(F)c2Cc2ccc(I)cc2F)O1.Cl.O=C(COCC(O)CO)c1cc2snnc2c(F)c1Cc1ccc(I)cc1F.O=C(O)c1cc2snnc2c(F)c1Cc1ccc(I)cc1F. The average molecular weight is 1570 g/mol. The molecule has 0 amide bonds. The molecule has 9 aromatic rings. The number of aromatic nitrogens is 6. The number of aliphatic hydroxyl groups is 2. The number of carboxylic acid groups (broad SMARTS) is 1. The molecule has 0 spiro atoms. The molecule has 1 aliphatic rings. The van der Waals surface area contributed by atoms with Gasteiger partial charge in [0, 0.05) is 57.8 Å². The summed E-state index contributed by atoms with van der Waals surface area (Å²) in [6.45, 7) is 2.71. The van der Waals surface area contributed by atoms with Crippen LogP contribution in [0.5, 0.6) is 0 Å². The van der Waals surface area contributed by atoms with Gasteiger partial charge >= 0.3 is 5.97 Å². The molecule has 1 fully saturated rings. The molecule has 0 bridgehead atoms. The molecule has 6 aromatic carbocycles. The number of fused-ring (bicyclic) bond motifs is 3. The van der Waals surface area contributed by atoms with E-state index >= 15 is 8.78 Å². The highest BCUT2D eigenvalue weighted by atomic mass is 127. The summed E-state index contributed by atoms with van der Waals surface area (Å²) in [6, 6.07) is 18.1. The third kappa shape index (κ3) is 16.9. The number of hydrogen-bond donors (Lipinski definition) is 3. The summed E-state index contributed by atoms with van der Waals surface area (Å²) in [4.78, 5) is 36.9. The zero-order valence-electron chi connectivity index (χ0n) is 42.4. The second kappa shape index (κ2) is 30.2. The Morgan fingerprint density at radius 3 is 1.36 bits per heavy atom. The zero-order chi connectivity index (χ0) is 58.3. The highest BCUT2D eigenvalue weighted by Gasteiger charge is 2.33. The largest absolute Gasteiger partial charge is 0.478 e. The Morgan fingerprint density at radius 2 is 1.01 bits per heavy atom. The molecule has 4 heterocycles. The first kappa shape index (κ1) is 67.5. The lowest BCUT2D eigenvalue weighted by atomic mass is 9.96. The predicted molar refractivity (Wildman–Crippen MR) is 327 cm³/mol. The molecular weight excluding hydrogens is 1520 g/mol. The lowest BCUT2D eigenvalue weighted by Crippen LogP contribution is -2.25. The number of hydrogen-bond acceptors (Lipinski definition) is 18. The number of carbonyl (C=O) groups excluding carboxylic acids is 2. The van der Waals surface area contributed by atoms with Gasteiger partial charge in [0.05, 0.1) is 46.1 Å². The van der Waals surface area contributed by atoms with Gasteiger partial charge in [-0.05, 0) is 188 Å². The van der Waals surface area contributed by atoms with Crippen molar-refractivity contribution < 1.29 is 75.0 Å². The minimum Gasteiger partial charge on any atom is -0.478 e. The Morgan fingerprint density at radius 1 is 0.639 bits per heavy atom. The van der Waals surface area contributed by atoms with E-state index in [9.17, 15) is 42.2 Å². The Hall–Kier alpha value is -4.59. The van der Waals surface area contributed by atoms with Crippen molar-refractivity contribution in [2.45, 2.75) is 58.5 Å². The standard InChI is InChI=1S/C21H19F2IN2O4S.C18H15F2IN2O4S.C14H7F2IN2O2S.CH4.ClH/c1-21(2)29-9-13(30-21)8-28-10-17(27)14-7-18-20(25-26-31-18)19(23)15(14)5-11-3-4-12(24)6-16(11)22;19-14-4-10(21)2-1-9(14)3-13-12(15(26)8-27-7-11(25)6-24)5-16-18(17(13)20)22-23-28-16;15-10-4-7(17)2-1-6(10)3-8-9(14(20)21)5-11-13(12(8)16)18-19-22-11;;/h3-4,6-7,13H,5,8-10H2,1-2H3;1-2,4-5,11,24-25H,3,6-8H2;1-2,4-5H,3H2,(H,20,21);1H4;1H. The van der Waals surface area contributed by atoms with Crippen molar-refractivity contribution in [2.24, 2.45) is 0 Å². The molecule has 3 aromatic heterocycles. The van der Waals surface area contributed by atoms with Crippen LogP contribution >= 0.6 is 115 Å². The molecule has 2 atom stereocenters. The van der Waals surface area contributed by atoms with Crippen molar-refractivity contribution >= 4 is 163 Å². The van der Waals surface area contributed by atoms with Crippen molar-refractivity contribution in [3.05, 3.63) is 168 Å². The van der Waals surface area contributed by atoms with Crippen LogP contribution in [0.3, 0.4) is 0 Å². The number of Topliss-reactive ketones (excluding diaryl/α,β-unsaturated/α-hetero) is 2. The van der Waals surface area contributed by atoms with Crippen molar-refractivity contribution in [2.75, 3.05) is 39.6 Å². The van der Waals surface area contributed by atoms with Crippen LogP contribution in [-0.2, 0) is 38.2 Å². The summed E-state index contributed by atoms with van der Waals surface area (Å²) >= 11 is 8.78. The normalized spacial score (nSPS) is 13.9. The minimum atomic E-state index is -1.27. The number of carbonyl (C=O) groups is 3. The summed E-state index contributed by atoms with van der Waals surface area (Å²) in [5, 5.41) is 38.6.